The molecule has 0 radical (unpaired) electrons. The number of esters is 1. The molecule has 2 aromatic rings. The quantitative estimate of drug-likeness (QED) is 0.691. The fourth-order valence-corrected chi connectivity index (χ4v) is 2.57. The number of H-pyrrole nitrogens is 1. The minimum absolute atomic E-state index is 0.189. The first-order valence-electron chi connectivity index (χ1n) is 6.82. The Kier molecular flexibility index (Phi) is 4.71. The number of ether oxygens (including phenoxy) is 1. The third-order valence-corrected chi connectivity index (χ3v) is 3.64. The molecule has 2 heterocycles. The van der Waals surface area contributed by atoms with Gasteiger partial charge < -0.3 is 9.72 Å². The summed E-state index contributed by atoms with van der Waals surface area (Å²) in [5.74, 6) is -0.442. The molecule has 0 saturated carbocycles. The SMILES string of the molecule is Cc1c(C(=O)OC(C)(C)C)c[nH]c1C(=O)Sc1ccccn1. The number of pyridine rings is 1. The van der Waals surface area contributed by atoms with Gasteiger partial charge in [-0.2, -0.15) is 0 Å². The Morgan fingerprint density at radius 3 is 2.59 bits per heavy atom. The zero-order valence-corrected chi connectivity index (χ0v) is 13.8. The number of rotatable bonds is 3. The van der Waals surface area contributed by atoms with Crippen LogP contribution in [0.2, 0.25) is 0 Å². The molecule has 0 aliphatic carbocycles. The second-order valence-electron chi connectivity index (χ2n) is 5.76. The van der Waals surface area contributed by atoms with E-state index < -0.39 is 11.6 Å². The van der Waals surface area contributed by atoms with Crippen molar-refractivity contribution in [2.24, 2.45) is 0 Å². The van der Waals surface area contributed by atoms with Gasteiger partial charge in [-0.15, -0.1) is 0 Å². The molecule has 0 spiro atoms. The zero-order chi connectivity index (χ0) is 16.3. The standard InChI is InChI=1S/C16H18N2O3S/c1-10-11(14(19)21-16(2,3)4)9-18-13(10)15(20)22-12-7-5-6-8-17-12/h5-9,18H,1-4H3. The van der Waals surface area contributed by atoms with Gasteiger partial charge >= 0.3 is 5.97 Å². The monoisotopic (exact) mass is 318 g/mol. The average Bonchev–Trinajstić information content (AvgIpc) is 2.80. The number of hydrogen-bond donors (Lipinski definition) is 1. The van der Waals surface area contributed by atoms with Crippen LogP contribution in [0.15, 0.2) is 35.6 Å². The van der Waals surface area contributed by atoms with Crippen molar-refractivity contribution in [1.82, 2.24) is 9.97 Å². The summed E-state index contributed by atoms with van der Waals surface area (Å²) in [6, 6.07) is 5.36. The molecule has 0 amide bonds. The van der Waals surface area contributed by atoms with Gasteiger partial charge in [-0.1, -0.05) is 6.07 Å². The third kappa shape index (κ3) is 3.98. The number of thioether (sulfide) groups is 1. The number of nitrogens with one attached hydrogen (secondary N) is 1. The van der Waals surface area contributed by atoms with E-state index in [0.29, 0.717) is 21.8 Å². The number of carbonyl (C=O) groups is 2. The number of aromatic amines is 1. The molecule has 0 aliphatic heterocycles. The summed E-state index contributed by atoms with van der Waals surface area (Å²) in [5, 5.41) is 0.423. The first-order chi connectivity index (χ1) is 10.3. The molecule has 1 N–H and O–H groups in total. The van der Waals surface area contributed by atoms with E-state index in [1.807, 2.05) is 6.07 Å². The van der Waals surface area contributed by atoms with E-state index in [-0.39, 0.29) is 5.12 Å². The first-order valence-corrected chi connectivity index (χ1v) is 7.64. The predicted molar refractivity (Wildman–Crippen MR) is 85.1 cm³/mol. The summed E-state index contributed by atoms with van der Waals surface area (Å²) in [6.07, 6.45) is 3.14. The molecule has 0 aliphatic rings. The van der Waals surface area contributed by atoms with Gasteiger partial charge in [0, 0.05) is 12.4 Å². The van der Waals surface area contributed by atoms with Crippen molar-refractivity contribution in [1.29, 1.82) is 0 Å². The largest absolute Gasteiger partial charge is 0.456 e. The fraction of sp³-hybridized carbons (Fsp3) is 0.312. The highest BCUT2D eigenvalue weighted by molar-refractivity contribution is 8.14. The van der Waals surface area contributed by atoms with E-state index in [1.54, 1.807) is 46.0 Å². The summed E-state index contributed by atoms with van der Waals surface area (Å²) in [5.41, 5.74) is 0.771. The number of hydrogen-bond acceptors (Lipinski definition) is 5. The van der Waals surface area contributed by atoms with E-state index >= 15 is 0 Å². The summed E-state index contributed by atoms with van der Waals surface area (Å²) >= 11 is 1.02. The Hall–Kier alpha value is -2.08. The predicted octanol–water partition coefficient (Wildman–Crippen LogP) is 3.61. The number of carbonyl (C=O) groups excluding carboxylic acids is 2. The molecule has 0 bridgehead atoms. The van der Waals surface area contributed by atoms with Crippen LogP contribution in [-0.4, -0.2) is 26.7 Å². The van der Waals surface area contributed by atoms with Crippen LogP contribution in [-0.2, 0) is 4.74 Å². The molecular weight excluding hydrogens is 300 g/mol. The average molecular weight is 318 g/mol. The van der Waals surface area contributed by atoms with E-state index in [2.05, 4.69) is 9.97 Å². The maximum atomic E-state index is 12.3. The molecule has 2 aromatic heterocycles. The lowest BCUT2D eigenvalue weighted by Gasteiger charge is -2.19. The van der Waals surface area contributed by atoms with Crippen LogP contribution in [0, 0.1) is 6.92 Å². The highest BCUT2D eigenvalue weighted by Crippen LogP contribution is 2.24. The van der Waals surface area contributed by atoms with E-state index in [4.69, 9.17) is 4.74 Å². The summed E-state index contributed by atoms with van der Waals surface area (Å²) in [6.45, 7) is 7.13. The first kappa shape index (κ1) is 16.3. The second kappa shape index (κ2) is 6.36. The second-order valence-corrected chi connectivity index (χ2v) is 6.75. The van der Waals surface area contributed by atoms with Crippen LogP contribution in [0.4, 0.5) is 0 Å². The molecule has 2 rings (SSSR count). The topological polar surface area (TPSA) is 72.1 Å². The normalized spacial score (nSPS) is 11.3. The van der Waals surface area contributed by atoms with Crippen molar-refractivity contribution in [3.63, 3.8) is 0 Å². The molecule has 116 valence electrons. The van der Waals surface area contributed by atoms with Gasteiger partial charge in [-0.3, -0.25) is 4.79 Å². The van der Waals surface area contributed by atoms with Gasteiger partial charge in [0.15, 0.2) is 0 Å². The van der Waals surface area contributed by atoms with Crippen molar-refractivity contribution in [3.05, 3.63) is 47.4 Å². The highest BCUT2D eigenvalue weighted by Gasteiger charge is 2.24. The van der Waals surface area contributed by atoms with E-state index in [9.17, 15) is 9.59 Å². The molecule has 5 nitrogen and oxygen atoms in total. The Morgan fingerprint density at radius 1 is 1.27 bits per heavy atom. The summed E-state index contributed by atoms with van der Waals surface area (Å²) in [4.78, 5) is 31.4. The molecule has 0 saturated heterocycles. The van der Waals surface area contributed by atoms with E-state index in [1.165, 1.54) is 6.20 Å². The smallest absolute Gasteiger partial charge is 0.340 e. The van der Waals surface area contributed by atoms with Crippen molar-refractivity contribution in [3.8, 4) is 0 Å². The summed E-state index contributed by atoms with van der Waals surface area (Å²) < 4.78 is 5.33. The van der Waals surface area contributed by atoms with Crippen LogP contribution in [0.1, 0.15) is 47.2 Å². The lowest BCUT2D eigenvalue weighted by Crippen LogP contribution is -2.24. The van der Waals surface area contributed by atoms with Gasteiger partial charge in [0.1, 0.15) is 10.6 Å². The lowest BCUT2D eigenvalue weighted by molar-refractivity contribution is 0.00690. The molecule has 0 fully saturated rings. The van der Waals surface area contributed by atoms with Gasteiger partial charge in [0.2, 0.25) is 5.12 Å². The lowest BCUT2D eigenvalue weighted by atomic mass is 10.1. The zero-order valence-electron chi connectivity index (χ0n) is 13.0. The van der Waals surface area contributed by atoms with Crippen molar-refractivity contribution >= 4 is 22.8 Å². The molecule has 6 heteroatoms. The van der Waals surface area contributed by atoms with Gasteiger partial charge in [0.05, 0.1) is 11.3 Å². The third-order valence-electron chi connectivity index (χ3n) is 2.80. The van der Waals surface area contributed by atoms with Crippen LogP contribution >= 0.6 is 11.8 Å². The minimum atomic E-state index is -0.576. The van der Waals surface area contributed by atoms with Crippen LogP contribution in [0.25, 0.3) is 0 Å². The minimum Gasteiger partial charge on any atom is -0.456 e. The van der Waals surface area contributed by atoms with Gasteiger partial charge in [-0.25, -0.2) is 9.78 Å². The highest BCUT2D eigenvalue weighted by atomic mass is 32.2. The van der Waals surface area contributed by atoms with Gasteiger partial charge in [0.25, 0.3) is 0 Å². The summed E-state index contributed by atoms with van der Waals surface area (Å²) in [7, 11) is 0. The number of aromatic nitrogens is 2. The van der Waals surface area contributed by atoms with Crippen LogP contribution < -0.4 is 0 Å². The molecule has 0 aromatic carbocycles. The Balaban J connectivity index is 2.17. The Morgan fingerprint density at radius 2 is 2.00 bits per heavy atom. The van der Waals surface area contributed by atoms with Crippen LogP contribution in [0.3, 0.4) is 0 Å². The molecule has 0 unspecified atom stereocenters. The maximum absolute atomic E-state index is 12.3. The Bertz CT molecular complexity index is 687. The maximum Gasteiger partial charge on any atom is 0.340 e. The fourth-order valence-electron chi connectivity index (χ4n) is 1.81. The van der Waals surface area contributed by atoms with Gasteiger partial charge in [-0.05, 0) is 57.2 Å². The Labute approximate surface area is 133 Å². The molecule has 0 atom stereocenters. The van der Waals surface area contributed by atoms with E-state index in [0.717, 1.165) is 11.8 Å². The number of nitrogens with zero attached hydrogens (tertiary/aromatic N) is 1. The van der Waals surface area contributed by atoms with Crippen LogP contribution in [0.5, 0.6) is 0 Å². The van der Waals surface area contributed by atoms with Crippen molar-refractivity contribution in [2.45, 2.75) is 38.3 Å². The van der Waals surface area contributed by atoms with Crippen molar-refractivity contribution in [2.75, 3.05) is 0 Å². The molecular formula is C16H18N2O3S. The molecule has 22 heavy (non-hydrogen) atoms. The van der Waals surface area contributed by atoms with Crippen molar-refractivity contribution < 1.29 is 14.3 Å².